The summed E-state index contributed by atoms with van der Waals surface area (Å²) in [5.41, 5.74) is 3.30. The van der Waals surface area contributed by atoms with Crippen molar-refractivity contribution in [1.82, 2.24) is 5.43 Å². The number of nitrogens with zero attached hydrogens (tertiary/aromatic N) is 2. The van der Waals surface area contributed by atoms with Gasteiger partial charge in [0.15, 0.2) is 0 Å². The van der Waals surface area contributed by atoms with Crippen molar-refractivity contribution in [1.29, 1.82) is 0 Å². The highest BCUT2D eigenvalue weighted by molar-refractivity contribution is 6.02. The molecule has 2 aromatic rings. The summed E-state index contributed by atoms with van der Waals surface area (Å²) in [5.74, 6) is -0.874. The Balaban J connectivity index is 2.24. The standard InChI is InChI=1S/C16H15N3O5/c1-9-14(4-3-5-15(9)19(23)24)16(22)18-17-10(2)11-6-12(20)8-13(21)7-11/h3-8,20-21H,1-2H3,(H,18,22)/b17-10+. The molecule has 3 N–H and O–H groups in total. The van der Waals surface area contributed by atoms with Crippen molar-refractivity contribution >= 4 is 17.3 Å². The Morgan fingerprint density at radius 1 is 1.21 bits per heavy atom. The minimum atomic E-state index is -0.597. The van der Waals surface area contributed by atoms with Crippen LogP contribution in [0.2, 0.25) is 0 Å². The van der Waals surface area contributed by atoms with Gasteiger partial charge >= 0.3 is 0 Å². The van der Waals surface area contributed by atoms with Crippen LogP contribution in [0.4, 0.5) is 5.69 Å². The number of hydrazone groups is 1. The van der Waals surface area contributed by atoms with E-state index in [2.05, 4.69) is 10.5 Å². The van der Waals surface area contributed by atoms with E-state index < -0.39 is 10.8 Å². The van der Waals surface area contributed by atoms with E-state index in [0.29, 0.717) is 11.3 Å². The van der Waals surface area contributed by atoms with E-state index in [0.717, 1.165) is 0 Å². The molecular weight excluding hydrogens is 314 g/mol. The van der Waals surface area contributed by atoms with Crippen molar-refractivity contribution in [3.8, 4) is 11.5 Å². The van der Waals surface area contributed by atoms with Crippen molar-refractivity contribution in [2.75, 3.05) is 0 Å². The summed E-state index contributed by atoms with van der Waals surface area (Å²) in [6.45, 7) is 3.06. The summed E-state index contributed by atoms with van der Waals surface area (Å²) in [6, 6.07) is 8.12. The molecule has 0 bridgehead atoms. The van der Waals surface area contributed by atoms with E-state index in [1.54, 1.807) is 6.92 Å². The first-order chi connectivity index (χ1) is 11.3. The van der Waals surface area contributed by atoms with Gasteiger partial charge in [-0.15, -0.1) is 0 Å². The van der Waals surface area contributed by atoms with Gasteiger partial charge in [0, 0.05) is 23.3 Å². The lowest BCUT2D eigenvalue weighted by molar-refractivity contribution is -0.385. The summed E-state index contributed by atoms with van der Waals surface area (Å²) in [4.78, 5) is 22.5. The van der Waals surface area contributed by atoms with Gasteiger partial charge < -0.3 is 10.2 Å². The Labute approximate surface area is 137 Å². The number of aromatic hydroxyl groups is 2. The summed E-state index contributed by atoms with van der Waals surface area (Å²) < 4.78 is 0. The van der Waals surface area contributed by atoms with E-state index in [-0.39, 0.29) is 28.3 Å². The fraction of sp³-hybridized carbons (Fsp3) is 0.125. The molecule has 0 aromatic heterocycles. The van der Waals surface area contributed by atoms with E-state index in [4.69, 9.17) is 0 Å². The number of carbonyl (C=O) groups excluding carboxylic acids is 1. The van der Waals surface area contributed by atoms with Crippen molar-refractivity contribution < 1.29 is 19.9 Å². The first-order valence-electron chi connectivity index (χ1n) is 6.91. The van der Waals surface area contributed by atoms with Gasteiger partial charge in [0.25, 0.3) is 11.6 Å². The number of rotatable bonds is 4. The second kappa shape index (κ2) is 6.78. The molecule has 0 spiro atoms. The van der Waals surface area contributed by atoms with E-state index >= 15 is 0 Å². The predicted molar refractivity (Wildman–Crippen MR) is 87.3 cm³/mol. The molecule has 2 rings (SSSR count). The molecule has 0 fully saturated rings. The fourth-order valence-electron chi connectivity index (χ4n) is 2.13. The maximum Gasteiger partial charge on any atom is 0.273 e. The lowest BCUT2D eigenvalue weighted by Crippen LogP contribution is -2.20. The maximum atomic E-state index is 12.2. The molecule has 8 heteroatoms. The third-order valence-corrected chi connectivity index (χ3v) is 3.39. The zero-order valence-electron chi connectivity index (χ0n) is 13.0. The number of nitro groups is 1. The Bertz CT molecular complexity index is 825. The predicted octanol–water partition coefficient (Wildman–Crippen LogP) is 2.47. The smallest absolute Gasteiger partial charge is 0.273 e. The zero-order chi connectivity index (χ0) is 17.9. The Kier molecular flexibility index (Phi) is 4.78. The first-order valence-corrected chi connectivity index (χ1v) is 6.91. The second-order valence-electron chi connectivity index (χ2n) is 5.08. The Morgan fingerprint density at radius 3 is 2.42 bits per heavy atom. The van der Waals surface area contributed by atoms with Crippen LogP contribution in [-0.2, 0) is 0 Å². The molecule has 0 heterocycles. The number of hydrogen-bond donors (Lipinski definition) is 3. The average Bonchev–Trinajstić information content (AvgIpc) is 2.51. The SMILES string of the molecule is C/C(=N\NC(=O)c1cccc([N+](=O)[O-])c1C)c1cc(O)cc(O)c1. The highest BCUT2D eigenvalue weighted by Crippen LogP contribution is 2.22. The molecule has 0 aliphatic rings. The number of benzene rings is 2. The molecule has 0 aliphatic carbocycles. The van der Waals surface area contributed by atoms with Crippen LogP contribution >= 0.6 is 0 Å². The molecule has 1 amide bonds. The van der Waals surface area contributed by atoms with Gasteiger partial charge in [-0.2, -0.15) is 5.10 Å². The molecule has 124 valence electrons. The van der Waals surface area contributed by atoms with E-state index in [1.165, 1.54) is 43.3 Å². The minimum Gasteiger partial charge on any atom is -0.508 e. The van der Waals surface area contributed by atoms with Crippen LogP contribution < -0.4 is 5.43 Å². The summed E-state index contributed by atoms with van der Waals surface area (Å²) in [7, 11) is 0. The van der Waals surface area contributed by atoms with Crippen LogP contribution in [-0.4, -0.2) is 26.8 Å². The summed E-state index contributed by atoms with van der Waals surface area (Å²) in [6.07, 6.45) is 0. The molecule has 0 atom stereocenters. The largest absolute Gasteiger partial charge is 0.508 e. The number of hydrogen-bond acceptors (Lipinski definition) is 6. The van der Waals surface area contributed by atoms with Crippen molar-refractivity contribution in [3.05, 3.63) is 63.2 Å². The third-order valence-electron chi connectivity index (χ3n) is 3.39. The molecule has 0 aliphatic heterocycles. The van der Waals surface area contributed by atoms with Gasteiger partial charge in [0.1, 0.15) is 11.5 Å². The zero-order valence-corrected chi connectivity index (χ0v) is 13.0. The van der Waals surface area contributed by atoms with Crippen LogP contribution in [0.15, 0.2) is 41.5 Å². The molecule has 8 nitrogen and oxygen atoms in total. The third kappa shape index (κ3) is 3.67. The lowest BCUT2D eigenvalue weighted by Gasteiger charge is -2.06. The van der Waals surface area contributed by atoms with E-state index in [1.807, 2.05) is 0 Å². The Morgan fingerprint density at radius 2 is 1.83 bits per heavy atom. The van der Waals surface area contributed by atoms with Gasteiger partial charge in [-0.3, -0.25) is 14.9 Å². The molecule has 0 radical (unpaired) electrons. The second-order valence-corrected chi connectivity index (χ2v) is 5.08. The van der Waals surface area contributed by atoms with Crippen LogP contribution in [0.1, 0.15) is 28.4 Å². The maximum absolute atomic E-state index is 12.2. The number of nitrogens with one attached hydrogen (secondary N) is 1. The van der Waals surface area contributed by atoms with Crippen LogP contribution in [0.3, 0.4) is 0 Å². The topological polar surface area (TPSA) is 125 Å². The quantitative estimate of drug-likeness (QED) is 0.451. The minimum absolute atomic E-state index is 0.138. The van der Waals surface area contributed by atoms with E-state index in [9.17, 15) is 25.1 Å². The van der Waals surface area contributed by atoms with Crippen LogP contribution in [0, 0.1) is 17.0 Å². The van der Waals surface area contributed by atoms with Gasteiger partial charge in [-0.05, 0) is 32.0 Å². The molecular formula is C16H15N3O5. The molecule has 0 saturated heterocycles. The number of carbonyl (C=O) groups is 1. The number of amides is 1. The molecule has 24 heavy (non-hydrogen) atoms. The van der Waals surface area contributed by atoms with Gasteiger partial charge in [0.2, 0.25) is 0 Å². The average molecular weight is 329 g/mol. The molecule has 0 saturated carbocycles. The van der Waals surface area contributed by atoms with Crippen LogP contribution in [0.25, 0.3) is 0 Å². The normalized spacial score (nSPS) is 11.2. The summed E-state index contributed by atoms with van der Waals surface area (Å²) >= 11 is 0. The van der Waals surface area contributed by atoms with Gasteiger partial charge in [-0.1, -0.05) is 6.07 Å². The van der Waals surface area contributed by atoms with Crippen LogP contribution in [0.5, 0.6) is 11.5 Å². The lowest BCUT2D eigenvalue weighted by atomic mass is 10.1. The van der Waals surface area contributed by atoms with Crippen molar-refractivity contribution in [2.45, 2.75) is 13.8 Å². The summed E-state index contributed by atoms with van der Waals surface area (Å²) in [5, 5.41) is 33.7. The Hall–Kier alpha value is -3.42. The van der Waals surface area contributed by atoms with Crippen molar-refractivity contribution in [3.63, 3.8) is 0 Å². The van der Waals surface area contributed by atoms with Gasteiger partial charge in [0.05, 0.1) is 16.2 Å². The molecule has 0 unspecified atom stereocenters. The highest BCUT2D eigenvalue weighted by Gasteiger charge is 2.17. The monoisotopic (exact) mass is 329 g/mol. The number of phenolic OH excluding ortho intramolecular Hbond substituents is 2. The molecule has 2 aromatic carbocycles. The van der Waals surface area contributed by atoms with Gasteiger partial charge in [-0.25, -0.2) is 5.43 Å². The fourth-order valence-corrected chi connectivity index (χ4v) is 2.13. The number of nitro benzene ring substituents is 1. The first kappa shape index (κ1) is 16.9. The number of phenols is 2. The van der Waals surface area contributed by atoms with Crippen molar-refractivity contribution in [2.24, 2.45) is 5.10 Å². The highest BCUT2D eigenvalue weighted by atomic mass is 16.6.